The molecule has 22 heavy (non-hydrogen) atoms. The number of aryl methyl sites for hydroxylation is 1. The molecule has 5 nitrogen and oxygen atoms in total. The third-order valence-electron chi connectivity index (χ3n) is 3.38. The van der Waals surface area contributed by atoms with Crippen molar-refractivity contribution in [3.05, 3.63) is 51.8 Å². The first-order chi connectivity index (χ1) is 10.4. The lowest BCUT2D eigenvalue weighted by atomic mass is 10.1. The number of carboxylic acids is 1. The summed E-state index contributed by atoms with van der Waals surface area (Å²) in [6.07, 6.45) is 3.65. The van der Waals surface area contributed by atoms with Gasteiger partial charge < -0.3 is 5.11 Å². The van der Waals surface area contributed by atoms with Crippen molar-refractivity contribution in [2.45, 2.75) is 26.1 Å². The number of carbonyl (C=O) groups is 1. The van der Waals surface area contributed by atoms with Crippen molar-refractivity contribution in [2.75, 3.05) is 7.05 Å². The molecule has 0 fully saturated rings. The van der Waals surface area contributed by atoms with Crippen LogP contribution in [0.3, 0.4) is 0 Å². The molecule has 0 saturated carbocycles. The number of hydrogen-bond donors (Lipinski definition) is 1. The average molecular weight is 342 g/mol. The summed E-state index contributed by atoms with van der Waals surface area (Å²) < 4.78 is 1.80. The molecule has 0 amide bonds. The Hall–Kier alpha value is -1.56. The van der Waals surface area contributed by atoms with E-state index in [1.54, 1.807) is 41.0 Å². The van der Waals surface area contributed by atoms with Crippen LogP contribution in [0.2, 0.25) is 10.0 Å². The van der Waals surface area contributed by atoms with Gasteiger partial charge in [-0.1, -0.05) is 29.3 Å². The minimum Gasteiger partial charge on any atom is -0.480 e. The monoisotopic (exact) mass is 341 g/mol. The number of hydrogen-bond acceptors (Lipinski definition) is 3. The third-order valence-corrected chi connectivity index (χ3v) is 4.12. The number of likely N-dealkylation sites (N-methyl/N-ethyl adjacent to an activating group) is 1. The van der Waals surface area contributed by atoms with Gasteiger partial charge in [-0.05, 0) is 31.7 Å². The summed E-state index contributed by atoms with van der Waals surface area (Å²) in [6.45, 7) is 3.24. The minimum absolute atomic E-state index is 0.345. The lowest BCUT2D eigenvalue weighted by molar-refractivity contribution is -0.143. The van der Waals surface area contributed by atoms with Gasteiger partial charge in [-0.2, -0.15) is 5.10 Å². The number of aliphatic carboxylic acids is 1. The molecule has 0 bridgehead atoms. The Morgan fingerprint density at radius 2 is 2.14 bits per heavy atom. The van der Waals surface area contributed by atoms with Crippen molar-refractivity contribution in [1.29, 1.82) is 0 Å². The first-order valence-electron chi connectivity index (χ1n) is 6.81. The molecule has 2 rings (SSSR count). The summed E-state index contributed by atoms with van der Waals surface area (Å²) in [5.74, 6) is -0.941. The Morgan fingerprint density at radius 1 is 1.41 bits per heavy atom. The molecule has 1 N–H and O–H groups in total. The third kappa shape index (κ3) is 3.80. The van der Waals surface area contributed by atoms with Crippen LogP contribution >= 0.6 is 23.2 Å². The standard InChI is InChI=1S/C15H17Cl2N3O2/c1-3-20-9-10(7-18-20)8-19(2)14(15(21)22)11-4-5-12(16)13(17)6-11/h4-7,9,14H,3,8H2,1-2H3,(H,21,22). The quantitative estimate of drug-likeness (QED) is 0.873. The second-order valence-corrected chi connectivity index (χ2v) is 5.85. The smallest absolute Gasteiger partial charge is 0.325 e. The number of aromatic nitrogens is 2. The van der Waals surface area contributed by atoms with Gasteiger partial charge in [0.2, 0.25) is 0 Å². The highest BCUT2D eigenvalue weighted by atomic mass is 35.5. The van der Waals surface area contributed by atoms with Crippen molar-refractivity contribution >= 4 is 29.2 Å². The zero-order chi connectivity index (χ0) is 16.3. The van der Waals surface area contributed by atoms with Crippen LogP contribution in [-0.2, 0) is 17.9 Å². The maximum absolute atomic E-state index is 11.7. The van der Waals surface area contributed by atoms with Gasteiger partial charge >= 0.3 is 5.97 Å². The van der Waals surface area contributed by atoms with Crippen molar-refractivity contribution in [1.82, 2.24) is 14.7 Å². The van der Waals surface area contributed by atoms with E-state index in [4.69, 9.17) is 23.2 Å². The van der Waals surface area contributed by atoms with Crippen LogP contribution in [0.4, 0.5) is 0 Å². The maximum Gasteiger partial charge on any atom is 0.325 e. The zero-order valence-corrected chi connectivity index (χ0v) is 13.8. The number of carboxylic acid groups (broad SMARTS) is 1. The summed E-state index contributed by atoms with van der Waals surface area (Å²) in [5.41, 5.74) is 1.54. The van der Waals surface area contributed by atoms with E-state index in [0.717, 1.165) is 12.1 Å². The molecule has 1 atom stereocenters. The SMILES string of the molecule is CCn1cc(CN(C)C(C(=O)O)c2ccc(Cl)c(Cl)c2)cn1. The fourth-order valence-electron chi connectivity index (χ4n) is 2.31. The van der Waals surface area contributed by atoms with E-state index in [2.05, 4.69) is 5.10 Å². The first kappa shape index (κ1) is 16.8. The molecule has 0 saturated heterocycles. The molecule has 1 aromatic heterocycles. The number of benzene rings is 1. The minimum atomic E-state index is -0.941. The summed E-state index contributed by atoms with van der Waals surface area (Å²) in [4.78, 5) is 13.4. The van der Waals surface area contributed by atoms with E-state index in [1.165, 1.54) is 0 Å². The highest BCUT2D eigenvalue weighted by Gasteiger charge is 2.25. The predicted octanol–water partition coefficient (Wildman–Crippen LogP) is 3.47. The molecule has 118 valence electrons. The van der Waals surface area contributed by atoms with Gasteiger partial charge in [0, 0.05) is 24.8 Å². The number of nitrogens with zero attached hydrogens (tertiary/aromatic N) is 3. The lowest BCUT2D eigenvalue weighted by Crippen LogP contribution is -2.30. The molecule has 2 aromatic rings. The summed E-state index contributed by atoms with van der Waals surface area (Å²) in [7, 11) is 1.75. The molecule has 7 heteroatoms. The zero-order valence-electron chi connectivity index (χ0n) is 12.3. The Labute approximate surface area is 139 Å². The molecule has 1 unspecified atom stereocenters. The van der Waals surface area contributed by atoms with Gasteiger partial charge in [0.15, 0.2) is 0 Å². The first-order valence-corrected chi connectivity index (χ1v) is 7.57. The maximum atomic E-state index is 11.7. The highest BCUT2D eigenvalue weighted by molar-refractivity contribution is 6.42. The van der Waals surface area contributed by atoms with Crippen LogP contribution < -0.4 is 0 Å². The Balaban J connectivity index is 2.22. The highest BCUT2D eigenvalue weighted by Crippen LogP contribution is 2.28. The number of rotatable bonds is 6. The Kier molecular flexibility index (Phi) is 5.45. The van der Waals surface area contributed by atoms with Gasteiger partial charge in [-0.15, -0.1) is 0 Å². The summed E-state index contributed by atoms with van der Waals surface area (Å²) >= 11 is 11.9. The van der Waals surface area contributed by atoms with Gasteiger partial charge in [0.25, 0.3) is 0 Å². The van der Waals surface area contributed by atoms with Gasteiger partial charge in [0.1, 0.15) is 6.04 Å². The van der Waals surface area contributed by atoms with E-state index in [9.17, 15) is 9.90 Å². The second kappa shape index (κ2) is 7.13. The summed E-state index contributed by atoms with van der Waals surface area (Å²) in [5, 5.41) is 14.5. The summed E-state index contributed by atoms with van der Waals surface area (Å²) in [6, 6.07) is 4.07. The fourth-order valence-corrected chi connectivity index (χ4v) is 2.61. The molecule has 0 radical (unpaired) electrons. The Morgan fingerprint density at radius 3 is 2.68 bits per heavy atom. The largest absolute Gasteiger partial charge is 0.480 e. The number of halogens is 2. The normalized spacial score (nSPS) is 12.6. The van der Waals surface area contributed by atoms with Crippen LogP contribution in [-0.4, -0.2) is 32.8 Å². The molecule has 0 aliphatic heterocycles. The second-order valence-electron chi connectivity index (χ2n) is 5.03. The topological polar surface area (TPSA) is 58.4 Å². The Bertz CT molecular complexity index is 673. The molecule has 1 aromatic carbocycles. The van der Waals surface area contributed by atoms with E-state index in [-0.39, 0.29) is 0 Å². The van der Waals surface area contributed by atoms with Gasteiger partial charge in [-0.3, -0.25) is 14.4 Å². The molecule has 0 aliphatic carbocycles. The van der Waals surface area contributed by atoms with Crippen LogP contribution in [0.25, 0.3) is 0 Å². The van der Waals surface area contributed by atoms with Crippen LogP contribution in [0.5, 0.6) is 0 Å². The van der Waals surface area contributed by atoms with Crippen LogP contribution in [0.1, 0.15) is 24.1 Å². The van der Waals surface area contributed by atoms with E-state index >= 15 is 0 Å². The molecule has 0 spiro atoms. The van der Waals surface area contributed by atoms with Crippen molar-refractivity contribution in [3.8, 4) is 0 Å². The van der Waals surface area contributed by atoms with Crippen LogP contribution in [0.15, 0.2) is 30.6 Å². The van der Waals surface area contributed by atoms with Gasteiger partial charge in [-0.25, -0.2) is 0 Å². The molecular weight excluding hydrogens is 325 g/mol. The van der Waals surface area contributed by atoms with Crippen molar-refractivity contribution in [3.63, 3.8) is 0 Å². The molecule has 1 heterocycles. The van der Waals surface area contributed by atoms with Crippen molar-refractivity contribution < 1.29 is 9.90 Å². The fraction of sp³-hybridized carbons (Fsp3) is 0.333. The van der Waals surface area contributed by atoms with Gasteiger partial charge in [0.05, 0.1) is 16.2 Å². The van der Waals surface area contributed by atoms with E-state index in [1.807, 2.05) is 13.1 Å². The predicted molar refractivity (Wildman–Crippen MR) is 86.2 cm³/mol. The van der Waals surface area contributed by atoms with E-state index in [0.29, 0.717) is 22.2 Å². The van der Waals surface area contributed by atoms with Crippen LogP contribution in [0, 0.1) is 0 Å². The molecular formula is C15H17Cl2N3O2. The van der Waals surface area contributed by atoms with E-state index < -0.39 is 12.0 Å². The molecule has 0 aliphatic rings. The van der Waals surface area contributed by atoms with Crippen molar-refractivity contribution in [2.24, 2.45) is 0 Å². The average Bonchev–Trinajstić information content (AvgIpc) is 2.90. The lowest BCUT2D eigenvalue weighted by Gasteiger charge is -2.24.